The van der Waals surface area contributed by atoms with Gasteiger partial charge in [0.1, 0.15) is 0 Å². The number of aryl methyl sites for hydroxylation is 1. The van der Waals surface area contributed by atoms with E-state index in [1.54, 1.807) is 0 Å². The monoisotopic (exact) mass is 234 g/mol. The van der Waals surface area contributed by atoms with Crippen molar-refractivity contribution in [1.82, 2.24) is 9.88 Å². The molecule has 1 fully saturated rings. The average Bonchev–Trinajstić information content (AvgIpc) is 2.38. The van der Waals surface area contributed by atoms with Crippen molar-refractivity contribution in [2.75, 3.05) is 13.1 Å². The van der Waals surface area contributed by atoms with E-state index in [1.807, 2.05) is 6.20 Å². The quantitative estimate of drug-likeness (QED) is 0.870. The molecule has 0 radical (unpaired) electrons. The van der Waals surface area contributed by atoms with E-state index in [1.165, 1.54) is 5.56 Å². The highest BCUT2D eigenvalue weighted by atomic mass is 16.3. The van der Waals surface area contributed by atoms with Crippen LogP contribution in [0.2, 0.25) is 0 Å². The molecule has 1 aromatic heterocycles. The van der Waals surface area contributed by atoms with Crippen molar-refractivity contribution < 1.29 is 5.11 Å². The number of hydrogen-bond donors (Lipinski definition) is 1. The summed E-state index contributed by atoms with van der Waals surface area (Å²) in [6.45, 7) is 6.18. The van der Waals surface area contributed by atoms with E-state index < -0.39 is 0 Å². The van der Waals surface area contributed by atoms with Crippen molar-refractivity contribution in [3.8, 4) is 0 Å². The third kappa shape index (κ3) is 3.05. The molecular formula is C14H22N2O. The third-order valence-corrected chi connectivity index (χ3v) is 3.67. The van der Waals surface area contributed by atoms with E-state index in [2.05, 4.69) is 35.9 Å². The lowest BCUT2D eigenvalue weighted by molar-refractivity contribution is 0.0503. The summed E-state index contributed by atoms with van der Waals surface area (Å²) in [5, 5.41) is 9.70. The molecule has 2 atom stereocenters. The number of rotatable bonds is 3. The Morgan fingerprint density at radius 2 is 2.35 bits per heavy atom. The van der Waals surface area contributed by atoms with Crippen LogP contribution >= 0.6 is 0 Å². The van der Waals surface area contributed by atoms with Gasteiger partial charge in [0.05, 0.1) is 6.10 Å². The molecule has 2 rings (SSSR count). The number of piperidine rings is 1. The molecule has 1 aliphatic heterocycles. The third-order valence-electron chi connectivity index (χ3n) is 3.67. The summed E-state index contributed by atoms with van der Waals surface area (Å²) >= 11 is 0. The van der Waals surface area contributed by atoms with E-state index in [9.17, 15) is 5.11 Å². The van der Waals surface area contributed by atoms with E-state index >= 15 is 0 Å². The fourth-order valence-corrected chi connectivity index (χ4v) is 2.44. The molecule has 3 heteroatoms. The Morgan fingerprint density at radius 3 is 2.94 bits per heavy atom. The van der Waals surface area contributed by atoms with Gasteiger partial charge in [-0.2, -0.15) is 0 Å². The van der Waals surface area contributed by atoms with Crippen LogP contribution in [0.3, 0.4) is 0 Å². The van der Waals surface area contributed by atoms with Crippen LogP contribution in [0.25, 0.3) is 0 Å². The Kier molecular flexibility index (Phi) is 4.13. The summed E-state index contributed by atoms with van der Waals surface area (Å²) in [5.74, 6) is 0. The number of pyridine rings is 1. The van der Waals surface area contributed by atoms with Crippen molar-refractivity contribution in [2.24, 2.45) is 0 Å². The van der Waals surface area contributed by atoms with Gasteiger partial charge >= 0.3 is 0 Å². The van der Waals surface area contributed by atoms with Crippen molar-refractivity contribution in [2.45, 2.75) is 45.3 Å². The zero-order valence-corrected chi connectivity index (χ0v) is 10.8. The molecule has 0 bridgehead atoms. The molecule has 0 aliphatic carbocycles. The fourth-order valence-electron chi connectivity index (χ4n) is 2.44. The highest BCUT2D eigenvalue weighted by molar-refractivity contribution is 5.17. The van der Waals surface area contributed by atoms with Crippen LogP contribution in [0.5, 0.6) is 0 Å². The lowest BCUT2D eigenvalue weighted by atomic mass is 10.0. The Labute approximate surface area is 103 Å². The van der Waals surface area contributed by atoms with Gasteiger partial charge in [-0.05, 0) is 44.4 Å². The first kappa shape index (κ1) is 12.5. The lowest BCUT2D eigenvalue weighted by Crippen LogP contribution is -2.39. The van der Waals surface area contributed by atoms with Crippen LogP contribution in [-0.4, -0.2) is 34.2 Å². The van der Waals surface area contributed by atoms with E-state index in [4.69, 9.17) is 0 Å². The van der Waals surface area contributed by atoms with Gasteiger partial charge in [-0.25, -0.2) is 0 Å². The molecule has 0 saturated carbocycles. The molecule has 2 heterocycles. The van der Waals surface area contributed by atoms with Gasteiger partial charge in [0.2, 0.25) is 0 Å². The van der Waals surface area contributed by atoms with Crippen LogP contribution < -0.4 is 0 Å². The predicted molar refractivity (Wildman–Crippen MR) is 68.8 cm³/mol. The smallest absolute Gasteiger partial charge is 0.0667 e. The molecule has 0 spiro atoms. The van der Waals surface area contributed by atoms with Gasteiger partial charge in [-0.15, -0.1) is 0 Å². The zero-order chi connectivity index (χ0) is 12.3. The molecule has 0 aromatic carbocycles. The van der Waals surface area contributed by atoms with Crippen LogP contribution in [0.1, 0.15) is 44.0 Å². The van der Waals surface area contributed by atoms with Crippen molar-refractivity contribution in [3.63, 3.8) is 0 Å². The van der Waals surface area contributed by atoms with Crippen LogP contribution in [0.4, 0.5) is 0 Å². The number of β-amino-alcohol motifs (C(OH)–C–C–N with tert-alkyl or cyclic N) is 1. The summed E-state index contributed by atoms with van der Waals surface area (Å²) in [6, 6.07) is 4.62. The molecule has 1 N–H and O–H groups in total. The van der Waals surface area contributed by atoms with Gasteiger partial charge in [0.25, 0.3) is 0 Å². The molecule has 3 nitrogen and oxygen atoms in total. The van der Waals surface area contributed by atoms with Crippen LogP contribution in [-0.2, 0) is 6.42 Å². The standard InChI is InChI=1S/C14H22N2O/c1-3-13-7-6-12(9-15-13)11(2)16-8-4-5-14(17)10-16/h6-7,9,11,14,17H,3-5,8,10H2,1-2H3/t11-,14+/m0/s1. The van der Waals surface area contributed by atoms with Crippen LogP contribution in [0, 0.1) is 0 Å². The van der Waals surface area contributed by atoms with Crippen molar-refractivity contribution in [3.05, 3.63) is 29.6 Å². The first-order valence-corrected chi connectivity index (χ1v) is 6.57. The summed E-state index contributed by atoms with van der Waals surface area (Å²) < 4.78 is 0. The Morgan fingerprint density at radius 1 is 1.53 bits per heavy atom. The minimum atomic E-state index is -0.158. The fraction of sp³-hybridized carbons (Fsp3) is 0.643. The summed E-state index contributed by atoms with van der Waals surface area (Å²) in [5.41, 5.74) is 2.39. The van der Waals surface area contributed by atoms with Gasteiger partial charge in [0, 0.05) is 24.5 Å². The van der Waals surface area contributed by atoms with Gasteiger partial charge in [-0.1, -0.05) is 13.0 Å². The first-order valence-electron chi connectivity index (χ1n) is 6.57. The molecule has 1 aromatic rings. The molecule has 94 valence electrons. The average molecular weight is 234 g/mol. The van der Waals surface area contributed by atoms with Gasteiger partial charge in [0.15, 0.2) is 0 Å². The van der Waals surface area contributed by atoms with Gasteiger partial charge < -0.3 is 5.11 Å². The number of hydrogen-bond acceptors (Lipinski definition) is 3. The highest BCUT2D eigenvalue weighted by Crippen LogP contribution is 2.23. The first-order chi connectivity index (χ1) is 8.20. The maximum Gasteiger partial charge on any atom is 0.0667 e. The highest BCUT2D eigenvalue weighted by Gasteiger charge is 2.22. The summed E-state index contributed by atoms with van der Waals surface area (Å²) in [6.07, 6.45) is 4.83. The molecule has 0 amide bonds. The lowest BCUT2D eigenvalue weighted by Gasteiger charge is -2.34. The van der Waals surface area contributed by atoms with E-state index in [0.717, 1.165) is 38.0 Å². The van der Waals surface area contributed by atoms with Crippen molar-refractivity contribution >= 4 is 0 Å². The van der Waals surface area contributed by atoms with E-state index in [-0.39, 0.29) is 6.10 Å². The maximum atomic E-state index is 9.70. The Bertz CT molecular complexity index is 350. The van der Waals surface area contributed by atoms with Gasteiger partial charge in [-0.3, -0.25) is 9.88 Å². The Hall–Kier alpha value is -0.930. The number of likely N-dealkylation sites (tertiary alicyclic amines) is 1. The summed E-state index contributed by atoms with van der Waals surface area (Å²) in [7, 11) is 0. The summed E-state index contributed by atoms with van der Waals surface area (Å²) in [4.78, 5) is 6.79. The molecule has 0 unspecified atom stereocenters. The minimum absolute atomic E-state index is 0.158. The molecular weight excluding hydrogens is 212 g/mol. The second-order valence-corrected chi connectivity index (χ2v) is 4.90. The van der Waals surface area contributed by atoms with E-state index in [0.29, 0.717) is 6.04 Å². The number of aliphatic hydroxyl groups is 1. The molecule has 1 aliphatic rings. The largest absolute Gasteiger partial charge is 0.392 e. The topological polar surface area (TPSA) is 36.4 Å². The number of aromatic nitrogens is 1. The predicted octanol–water partition coefficient (Wildman–Crippen LogP) is 2.16. The minimum Gasteiger partial charge on any atom is -0.392 e. The molecule has 17 heavy (non-hydrogen) atoms. The zero-order valence-electron chi connectivity index (χ0n) is 10.8. The normalized spacial score (nSPS) is 23.6. The SMILES string of the molecule is CCc1ccc([C@H](C)N2CCC[C@@H](O)C2)cn1. The maximum absolute atomic E-state index is 9.70. The number of nitrogens with zero attached hydrogens (tertiary/aromatic N) is 2. The molecule has 1 saturated heterocycles. The van der Waals surface area contributed by atoms with Crippen LogP contribution in [0.15, 0.2) is 18.3 Å². The Balaban J connectivity index is 2.04. The van der Waals surface area contributed by atoms with Crippen molar-refractivity contribution in [1.29, 1.82) is 0 Å². The number of aliphatic hydroxyl groups excluding tert-OH is 1. The second-order valence-electron chi connectivity index (χ2n) is 4.90. The second kappa shape index (κ2) is 5.61.